The molecule has 6 nitrogen and oxygen atoms in total. The van der Waals surface area contributed by atoms with E-state index in [1.54, 1.807) is 19.2 Å². The first-order valence-electron chi connectivity index (χ1n) is 9.46. The number of nitriles is 1. The Morgan fingerprint density at radius 1 is 1.10 bits per heavy atom. The SMILES string of the molecule is COc1cc([C@@H]2C(C#N)=C(N)Oc3cc(O)ccc32)ccc1OCc1ccc(Br)cc1. The molecule has 4 rings (SSSR count). The summed E-state index contributed by atoms with van der Waals surface area (Å²) in [5.41, 5.74) is 8.84. The normalized spacial score (nSPS) is 14.9. The molecule has 0 bridgehead atoms. The van der Waals surface area contributed by atoms with Crippen molar-refractivity contribution in [2.45, 2.75) is 12.5 Å². The Morgan fingerprint density at radius 2 is 1.87 bits per heavy atom. The highest BCUT2D eigenvalue weighted by molar-refractivity contribution is 9.10. The van der Waals surface area contributed by atoms with Gasteiger partial charge in [-0.1, -0.05) is 40.2 Å². The Hall–Kier alpha value is -3.63. The van der Waals surface area contributed by atoms with Gasteiger partial charge >= 0.3 is 0 Å². The minimum atomic E-state index is -0.455. The molecule has 0 aromatic heterocycles. The van der Waals surface area contributed by atoms with Gasteiger partial charge in [0.05, 0.1) is 13.0 Å². The van der Waals surface area contributed by atoms with Crippen molar-refractivity contribution in [3.05, 3.63) is 93.3 Å². The van der Waals surface area contributed by atoms with Gasteiger partial charge in [-0.2, -0.15) is 5.26 Å². The van der Waals surface area contributed by atoms with Crippen LogP contribution in [0.3, 0.4) is 0 Å². The van der Waals surface area contributed by atoms with Crippen molar-refractivity contribution in [1.82, 2.24) is 0 Å². The van der Waals surface area contributed by atoms with Crippen LogP contribution < -0.4 is 19.9 Å². The topological polar surface area (TPSA) is 97.7 Å². The number of phenols is 1. The number of phenolic OH excluding ortho intramolecular Hbond substituents is 1. The van der Waals surface area contributed by atoms with E-state index in [0.717, 1.165) is 21.2 Å². The molecule has 1 heterocycles. The van der Waals surface area contributed by atoms with Crippen molar-refractivity contribution in [2.24, 2.45) is 5.73 Å². The molecule has 0 amide bonds. The van der Waals surface area contributed by atoms with Crippen LogP contribution in [0.15, 0.2) is 76.6 Å². The second-order valence-corrected chi connectivity index (χ2v) is 7.89. The Kier molecular flexibility index (Phi) is 5.74. The first-order chi connectivity index (χ1) is 15.0. The summed E-state index contributed by atoms with van der Waals surface area (Å²) in [6.07, 6.45) is 0. The standard InChI is InChI=1S/C24H19BrN2O4/c1-29-22-10-15(4-9-20(22)30-13-14-2-5-16(25)6-3-14)23-18-8-7-17(28)11-21(18)31-24(27)19(23)12-26/h2-11,23,28H,13,27H2,1H3/t23-/m0/s1. The lowest BCUT2D eigenvalue weighted by Gasteiger charge is -2.27. The van der Waals surface area contributed by atoms with E-state index in [1.165, 1.54) is 6.07 Å². The number of allylic oxidation sites excluding steroid dienone is 1. The second-order valence-electron chi connectivity index (χ2n) is 6.97. The number of hydrogen-bond acceptors (Lipinski definition) is 6. The van der Waals surface area contributed by atoms with Crippen LogP contribution in [0, 0.1) is 11.3 Å². The number of nitrogens with zero attached hydrogens (tertiary/aromatic N) is 1. The summed E-state index contributed by atoms with van der Waals surface area (Å²) >= 11 is 3.42. The van der Waals surface area contributed by atoms with Crippen molar-refractivity contribution in [2.75, 3.05) is 7.11 Å². The van der Waals surface area contributed by atoms with Crippen molar-refractivity contribution < 1.29 is 19.3 Å². The monoisotopic (exact) mass is 478 g/mol. The molecular weight excluding hydrogens is 460 g/mol. The lowest BCUT2D eigenvalue weighted by atomic mass is 9.83. The van der Waals surface area contributed by atoms with Crippen LogP contribution in [0.1, 0.15) is 22.6 Å². The van der Waals surface area contributed by atoms with E-state index in [1.807, 2.05) is 42.5 Å². The van der Waals surface area contributed by atoms with Crippen molar-refractivity contribution in [3.8, 4) is 29.1 Å². The van der Waals surface area contributed by atoms with Crippen molar-refractivity contribution >= 4 is 15.9 Å². The number of aromatic hydroxyl groups is 1. The average Bonchev–Trinajstić information content (AvgIpc) is 2.77. The molecule has 7 heteroatoms. The summed E-state index contributed by atoms with van der Waals surface area (Å²) in [6, 6.07) is 20.3. The fourth-order valence-corrected chi connectivity index (χ4v) is 3.78. The summed E-state index contributed by atoms with van der Waals surface area (Å²) in [5, 5.41) is 19.5. The zero-order valence-corrected chi connectivity index (χ0v) is 18.2. The molecule has 0 unspecified atom stereocenters. The molecular formula is C24H19BrN2O4. The molecule has 0 saturated carbocycles. The molecule has 3 aromatic carbocycles. The summed E-state index contributed by atoms with van der Waals surface area (Å²) in [7, 11) is 1.57. The summed E-state index contributed by atoms with van der Waals surface area (Å²) in [5.74, 6) is 1.15. The lowest BCUT2D eigenvalue weighted by molar-refractivity contribution is 0.284. The van der Waals surface area contributed by atoms with Gasteiger partial charge < -0.3 is 25.1 Å². The van der Waals surface area contributed by atoms with Crippen molar-refractivity contribution in [3.63, 3.8) is 0 Å². The van der Waals surface area contributed by atoms with Crippen LogP contribution >= 0.6 is 15.9 Å². The highest BCUT2D eigenvalue weighted by atomic mass is 79.9. The molecule has 3 aromatic rings. The van der Waals surface area contributed by atoms with E-state index in [0.29, 0.717) is 29.4 Å². The number of nitrogens with two attached hydrogens (primary N) is 1. The summed E-state index contributed by atoms with van der Waals surface area (Å²) in [4.78, 5) is 0. The number of halogens is 1. The third-order valence-corrected chi connectivity index (χ3v) is 5.56. The molecule has 1 atom stereocenters. The number of methoxy groups -OCH3 is 1. The lowest BCUT2D eigenvalue weighted by Crippen LogP contribution is -2.21. The maximum atomic E-state index is 9.80. The van der Waals surface area contributed by atoms with Crippen molar-refractivity contribution in [1.29, 1.82) is 5.26 Å². The maximum absolute atomic E-state index is 9.80. The van der Waals surface area contributed by atoms with Crippen LogP contribution in [0.25, 0.3) is 0 Å². The van der Waals surface area contributed by atoms with E-state index in [9.17, 15) is 10.4 Å². The third-order valence-electron chi connectivity index (χ3n) is 5.03. The Labute approximate surface area is 188 Å². The quantitative estimate of drug-likeness (QED) is 0.537. The molecule has 0 fully saturated rings. The van der Waals surface area contributed by atoms with Gasteiger partial charge in [0, 0.05) is 16.1 Å². The molecule has 0 saturated heterocycles. The smallest absolute Gasteiger partial charge is 0.205 e. The first-order valence-corrected chi connectivity index (χ1v) is 10.2. The predicted octanol–water partition coefficient (Wildman–Crippen LogP) is 4.96. The van der Waals surface area contributed by atoms with Gasteiger partial charge in [0.2, 0.25) is 5.88 Å². The van der Waals surface area contributed by atoms with Crippen LogP contribution in [0.2, 0.25) is 0 Å². The molecule has 0 radical (unpaired) electrons. The van der Waals surface area contributed by atoms with E-state index >= 15 is 0 Å². The zero-order chi connectivity index (χ0) is 22.0. The van der Waals surface area contributed by atoms with E-state index in [4.69, 9.17) is 19.9 Å². The van der Waals surface area contributed by atoms with E-state index < -0.39 is 5.92 Å². The summed E-state index contributed by atoms with van der Waals surface area (Å²) in [6.45, 7) is 0.388. The largest absolute Gasteiger partial charge is 0.508 e. The van der Waals surface area contributed by atoms with Gasteiger partial charge in [0.15, 0.2) is 11.5 Å². The van der Waals surface area contributed by atoms with E-state index in [-0.39, 0.29) is 11.6 Å². The van der Waals surface area contributed by atoms with E-state index in [2.05, 4.69) is 22.0 Å². The van der Waals surface area contributed by atoms with Gasteiger partial charge in [-0.15, -0.1) is 0 Å². The molecule has 0 spiro atoms. The molecule has 3 N–H and O–H groups in total. The molecule has 156 valence electrons. The third kappa shape index (κ3) is 4.16. The van der Waals surface area contributed by atoms with Crippen LogP contribution in [-0.2, 0) is 6.61 Å². The Bertz CT molecular complexity index is 1200. The van der Waals surface area contributed by atoms with Gasteiger partial charge in [0.1, 0.15) is 29.7 Å². The van der Waals surface area contributed by atoms with Crippen LogP contribution in [-0.4, -0.2) is 12.2 Å². The number of benzene rings is 3. The van der Waals surface area contributed by atoms with Gasteiger partial charge in [-0.3, -0.25) is 0 Å². The fourth-order valence-electron chi connectivity index (χ4n) is 3.51. The fraction of sp³-hybridized carbons (Fsp3) is 0.125. The molecule has 1 aliphatic rings. The minimum Gasteiger partial charge on any atom is -0.508 e. The number of fused-ring (bicyclic) bond motifs is 1. The van der Waals surface area contributed by atoms with Gasteiger partial charge in [-0.25, -0.2) is 0 Å². The number of rotatable bonds is 5. The average molecular weight is 479 g/mol. The summed E-state index contributed by atoms with van der Waals surface area (Å²) < 4.78 is 18.1. The predicted molar refractivity (Wildman–Crippen MR) is 119 cm³/mol. The first kappa shape index (κ1) is 20.6. The highest BCUT2D eigenvalue weighted by Gasteiger charge is 2.31. The zero-order valence-electron chi connectivity index (χ0n) is 16.6. The molecule has 31 heavy (non-hydrogen) atoms. The second kappa shape index (κ2) is 8.62. The Morgan fingerprint density at radius 3 is 2.58 bits per heavy atom. The van der Waals surface area contributed by atoms with Crippen LogP contribution in [0.5, 0.6) is 23.0 Å². The molecule has 0 aliphatic carbocycles. The molecule has 1 aliphatic heterocycles. The van der Waals surface area contributed by atoms with Crippen LogP contribution in [0.4, 0.5) is 0 Å². The van der Waals surface area contributed by atoms with Gasteiger partial charge in [-0.05, 0) is 41.5 Å². The Balaban J connectivity index is 1.68. The number of hydrogen-bond donors (Lipinski definition) is 2. The minimum absolute atomic E-state index is 0.0140. The van der Waals surface area contributed by atoms with Gasteiger partial charge in [0.25, 0.3) is 0 Å². The highest BCUT2D eigenvalue weighted by Crippen LogP contribution is 2.45. The maximum Gasteiger partial charge on any atom is 0.205 e. The number of ether oxygens (including phenoxy) is 3.